The van der Waals surface area contributed by atoms with Gasteiger partial charge in [0.2, 0.25) is 41.4 Å². The summed E-state index contributed by atoms with van der Waals surface area (Å²) in [4.78, 5) is 174. The summed E-state index contributed by atoms with van der Waals surface area (Å²) < 4.78 is 7.31. The van der Waals surface area contributed by atoms with E-state index >= 15 is 19.2 Å². The summed E-state index contributed by atoms with van der Waals surface area (Å²) in [7, 11) is 7.65. The molecule has 0 aromatic rings. The number of carbonyl (C=O) groups is 11. The lowest BCUT2D eigenvalue weighted by atomic mass is 9.84. The summed E-state index contributed by atoms with van der Waals surface area (Å²) >= 11 is 0. The Kier molecular flexibility index (Phi) is 34.1. The summed E-state index contributed by atoms with van der Waals surface area (Å²) in [6.07, 6.45) is 3.43. The Labute approximate surface area is 563 Å². The summed E-state index contributed by atoms with van der Waals surface area (Å²) in [5.41, 5.74) is -0.257. The Hall–Kier alpha value is -5.57. The lowest BCUT2D eigenvalue weighted by Crippen LogP contribution is -2.63. The number of allylic oxidation sites excluding steroid dienone is 2. The van der Waals surface area contributed by atoms with Crippen LogP contribution < -0.4 is 5.32 Å². The Morgan fingerprint density at radius 3 is 1.39 bits per heavy atom. The van der Waals surface area contributed by atoms with Gasteiger partial charge in [0.15, 0.2) is 25.7 Å². The zero-order valence-corrected chi connectivity index (χ0v) is 64.1. The molecule has 1 saturated heterocycles. The fourth-order valence-electron chi connectivity index (χ4n) is 12.2. The van der Waals surface area contributed by atoms with Crippen LogP contribution in [0.4, 0.5) is 0 Å². The lowest BCUT2D eigenvalue weighted by molar-refractivity contribution is -0.157. The van der Waals surface area contributed by atoms with Crippen molar-refractivity contribution in [2.24, 2.45) is 59.2 Å². The average molecular weight is 1330 g/mol. The predicted molar refractivity (Wildman–Crippen MR) is 372 cm³/mol. The van der Waals surface area contributed by atoms with E-state index in [1.54, 1.807) is 27.7 Å². The van der Waals surface area contributed by atoms with E-state index in [1.165, 1.54) is 85.7 Å². The van der Waals surface area contributed by atoms with Gasteiger partial charge in [-0.3, -0.25) is 52.7 Å². The molecular weight excluding hydrogens is 1200 g/mol. The zero-order chi connectivity index (χ0) is 72.6. The molecule has 1 heterocycles. The van der Waals surface area contributed by atoms with Gasteiger partial charge < -0.3 is 44.0 Å². The van der Waals surface area contributed by atoms with Gasteiger partial charge in [0.25, 0.3) is 5.91 Å². The van der Waals surface area contributed by atoms with Gasteiger partial charge >= 0.3 is 0 Å². The first-order valence-corrected chi connectivity index (χ1v) is 37.2. The summed E-state index contributed by atoms with van der Waals surface area (Å²) in [6.45, 7) is 45.6. The number of carbonyl (C=O) groups excluding carboxylic acids is 11. The molecule has 0 unspecified atom stereocenters. The molecule has 1 rings (SSSR count). The smallest absolute Gasteiger partial charge is 0.270 e. The van der Waals surface area contributed by atoms with Crippen molar-refractivity contribution in [1.82, 2.24) is 39.6 Å². The minimum atomic E-state index is -2.79. The minimum Gasteiger partial charge on any atom is -0.411 e. The van der Waals surface area contributed by atoms with Crippen LogP contribution in [-0.2, 0) is 57.2 Å². The second kappa shape index (κ2) is 37.1. The molecule has 8 amide bonds. The van der Waals surface area contributed by atoms with Gasteiger partial charge in [-0.05, 0) is 112 Å². The largest absolute Gasteiger partial charge is 0.411 e. The second-order valence-corrected chi connectivity index (χ2v) is 35.7. The molecule has 1 aliphatic rings. The predicted octanol–water partition coefficient (Wildman–Crippen LogP) is 10.1. The normalized spacial score (nSPS) is 26.3. The molecule has 0 aliphatic carbocycles. The van der Waals surface area contributed by atoms with Crippen molar-refractivity contribution in [3.05, 3.63) is 24.4 Å². The highest BCUT2D eigenvalue weighted by Crippen LogP contribution is 2.40. The van der Waals surface area contributed by atoms with E-state index in [9.17, 15) is 33.6 Å². The van der Waals surface area contributed by atoms with Gasteiger partial charge in [0.05, 0.1) is 18.2 Å². The maximum absolute atomic E-state index is 15.8. The quantitative estimate of drug-likeness (QED) is 0.0814. The van der Waals surface area contributed by atoms with Crippen LogP contribution in [0.5, 0.6) is 0 Å². The van der Waals surface area contributed by atoms with Gasteiger partial charge in [0.1, 0.15) is 35.9 Å². The number of nitrogens with zero attached hydrogens (tertiary/aromatic N) is 7. The third-order valence-corrected chi connectivity index (χ3v) is 23.9. The molecule has 0 aromatic heterocycles. The van der Waals surface area contributed by atoms with E-state index in [2.05, 4.69) is 45.8 Å². The highest BCUT2D eigenvalue weighted by Gasteiger charge is 2.49. The molecule has 1 aliphatic heterocycles. The van der Waals surface area contributed by atoms with Crippen molar-refractivity contribution in [2.45, 2.75) is 263 Å². The monoisotopic (exact) mass is 1320 g/mol. The van der Waals surface area contributed by atoms with Crippen molar-refractivity contribution in [3.63, 3.8) is 0 Å². The maximum atomic E-state index is 15.8. The fraction of sp³-hybridized carbons (Fsp3) is 0.792. The molecule has 20 nitrogen and oxygen atoms in total. The van der Waals surface area contributed by atoms with E-state index in [0.29, 0.717) is 6.42 Å². The molecule has 21 heteroatoms. The van der Waals surface area contributed by atoms with Crippen LogP contribution in [0.25, 0.3) is 0 Å². The molecule has 0 aromatic carbocycles. The Balaban J connectivity index is 4.61. The van der Waals surface area contributed by atoms with Crippen LogP contribution >= 0.6 is 0 Å². The van der Waals surface area contributed by atoms with Crippen molar-refractivity contribution in [1.29, 1.82) is 0 Å². The van der Waals surface area contributed by atoms with Crippen LogP contribution in [0.2, 0.25) is 18.1 Å². The summed E-state index contributed by atoms with van der Waals surface area (Å²) in [5, 5.41) is 2.42. The van der Waals surface area contributed by atoms with Gasteiger partial charge in [-0.25, -0.2) is 0 Å². The molecule has 532 valence electrons. The molecule has 0 saturated carbocycles. The number of amides is 8. The van der Waals surface area contributed by atoms with Crippen LogP contribution in [-0.4, -0.2) is 205 Å². The Morgan fingerprint density at radius 1 is 0.538 bits per heavy atom. The zero-order valence-electron chi connectivity index (χ0n) is 63.1. The van der Waals surface area contributed by atoms with E-state index in [-0.39, 0.29) is 91.7 Å². The number of ketones is 3. The van der Waals surface area contributed by atoms with Crippen molar-refractivity contribution in [2.75, 3.05) is 49.3 Å². The van der Waals surface area contributed by atoms with Crippen molar-refractivity contribution >= 4 is 72.9 Å². The number of likely N-dealkylation sites (N-methyl/N-ethyl adjacent to an activating group) is 7. The number of rotatable bonds is 17. The van der Waals surface area contributed by atoms with E-state index in [1.807, 2.05) is 95.2 Å². The average Bonchev–Trinajstić information content (AvgIpc) is 0.803. The molecule has 12 atom stereocenters. The number of hydrogen-bond acceptors (Lipinski definition) is 12. The molecule has 0 spiro atoms. The van der Waals surface area contributed by atoms with Gasteiger partial charge in [-0.1, -0.05) is 143 Å². The van der Waals surface area contributed by atoms with Gasteiger partial charge in [-0.15, -0.1) is 0 Å². The summed E-state index contributed by atoms with van der Waals surface area (Å²) in [6, 6.07) is -7.97. The Bertz CT molecular complexity index is 2630. The number of nitrogens with one attached hydrogen (secondary N) is 1. The van der Waals surface area contributed by atoms with Crippen molar-refractivity contribution < 1.29 is 57.2 Å². The first kappa shape index (κ1) is 85.4. The number of hydrogen-bond donors (Lipinski definition) is 1. The Morgan fingerprint density at radius 2 is 0.957 bits per heavy atom. The summed E-state index contributed by atoms with van der Waals surface area (Å²) in [5.74, 6) is -10.6. The maximum Gasteiger partial charge on any atom is 0.270 e. The molecule has 93 heavy (non-hydrogen) atoms. The topological polar surface area (TPSA) is 232 Å². The second-order valence-electron chi connectivity index (χ2n) is 30.9. The van der Waals surface area contributed by atoms with E-state index in [0.717, 1.165) is 4.90 Å². The molecule has 0 radical (unpaired) electrons. The van der Waals surface area contributed by atoms with Crippen molar-refractivity contribution in [3.8, 4) is 0 Å². The molecule has 0 bridgehead atoms. The third-order valence-electron chi connectivity index (χ3n) is 19.4. The fourth-order valence-corrected chi connectivity index (χ4v) is 13.6. The lowest BCUT2D eigenvalue weighted by Gasteiger charge is -2.46. The minimum absolute atomic E-state index is 0.0745. The van der Waals surface area contributed by atoms with Crippen LogP contribution in [0.3, 0.4) is 0 Å². The van der Waals surface area contributed by atoms with Gasteiger partial charge in [0, 0.05) is 86.3 Å². The SMILES string of the molecule is C=C1C(=O)N(C)[C@@H](CC(C)C)C(=O)C[C@H](C(C)C)C(=O)N(C)[C@H](CC(C)C)C(=O)C[C@H](C)C(=O)N[C@@H](C)C(=O)N(C)[C@H](CC(C)C)C(=O)N(C)[C@H](CC(C)C)C(=O)N(C)[C@H](C(C)C)C(=O)N(C)[C@H]([C@H](O[Si](C)(C)C(C)(C)C)[C@H](C)C/C=C/C)C(=O)C[C@H](CC)C(=O)N1C. The molecule has 1 fully saturated rings. The van der Waals surface area contributed by atoms with E-state index in [4.69, 9.17) is 4.43 Å². The molecule has 1 N–H and O–H groups in total. The highest BCUT2D eigenvalue weighted by atomic mass is 28.4. The van der Waals surface area contributed by atoms with Crippen LogP contribution in [0, 0.1) is 59.2 Å². The molecular formula is C72H128N8O12Si. The first-order valence-electron chi connectivity index (χ1n) is 34.3. The first-order chi connectivity index (χ1) is 42.6. The number of Topliss-reactive ketones (excluding diaryl/α,β-unsaturated/α-hetero) is 3. The standard InChI is InChI=1S/C72H128N8O12Si/c1-31-33-34-48(15)63(92-93(29,30)72(19,20)21)62-60(83)40-52(32-2)67(87)74(22)51(18)66(86)75(23)55(36-43(5)6)59(82)41-53(46(11)12)68(88)76(24)54(35-42(3)4)58(81)39-49(16)64(84)73-50(17)65(85)77(25)56(37-44(7)8)69(89)78(26)57(38-45(9)10)70(90)79(27)61(47(13)14)71(91)80(62)28/h31,33,42-50,52-57,61-63H,18,32,34-41H2,1-17,19-30H3,(H,73,84)/b33-31+/t48-,49+,50+,52+,53-,54-,55+,56-,57-,61-,62+,63-/m1/s1. The van der Waals surface area contributed by atoms with Gasteiger partial charge in [-0.2, -0.15) is 0 Å². The third kappa shape index (κ3) is 23.4. The van der Waals surface area contributed by atoms with Crippen LogP contribution in [0.15, 0.2) is 24.4 Å². The van der Waals surface area contributed by atoms with E-state index < -0.39 is 151 Å². The van der Waals surface area contributed by atoms with Crippen LogP contribution in [0.1, 0.15) is 196 Å². The highest BCUT2D eigenvalue weighted by molar-refractivity contribution is 6.74.